The summed E-state index contributed by atoms with van der Waals surface area (Å²) in [7, 11) is 1.79. The predicted molar refractivity (Wildman–Crippen MR) is 72.1 cm³/mol. The first-order chi connectivity index (χ1) is 9.16. The van der Waals surface area contributed by atoms with E-state index in [9.17, 15) is 9.90 Å². The molecule has 0 spiro atoms. The van der Waals surface area contributed by atoms with Crippen LogP contribution in [0, 0.1) is 0 Å². The lowest BCUT2D eigenvalue weighted by atomic mass is 9.96. The highest BCUT2D eigenvalue weighted by Gasteiger charge is 2.28. The van der Waals surface area contributed by atoms with Crippen LogP contribution in [-0.4, -0.2) is 30.8 Å². The maximum atomic E-state index is 11.7. The largest absolute Gasteiger partial charge is 0.386 e. The van der Waals surface area contributed by atoms with Gasteiger partial charge in [0.15, 0.2) is 0 Å². The summed E-state index contributed by atoms with van der Waals surface area (Å²) in [5.41, 5.74) is 2.80. The van der Waals surface area contributed by atoms with Gasteiger partial charge >= 0.3 is 0 Å². The molecule has 0 bridgehead atoms. The van der Waals surface area contributed by atoms with Crippen LogP contribution in [0.2, 0.25) is 0 Å². The van der Waals surface area contributed by atoms with Crippen LogP contribution in [0.25, 0.3) is 0 Å². The number of benzene rings is 1. The molecule has 0 aromatic heterocycles. The summed E-state index contributed by atoms with van der Waals surface area (Å²) in [4.78, 5) is 13.3. The van der Waals surface area contributed by atoms with Crippen LogP contribution >= 0.6 is 0 Å². The van der Waals surface area contributed by atoms with Crippen LogP contribution in [0.15, 0.2) is 18.2 Å². The van der Waals surface area contributed by atoms with Gasteiger partial charge in [0.05, 0.1) is 12.5 Å². The lowest BCUT2D eigenvalue weighted by Gasteiger charge is -2.27. The Morgan fingerprint density at radius 3 is 3.00 bits per heavy atom. The highest BCUT2D eigenvalue weighted by atomic mass is 16.5. The third-order valence-electron chi connectivity index (χ3n) is 4.09. The van der Waals surface area contributed by atoms with E-state index in [1.807, 2.05) is 18.2 Å². The number of ether oxygens (including phenoxy) is 1. The Kier molecular flexibility index (Phi) is 3.29. The number of amides is 1. The maximum absolute atomic E-state index is 11.7. The zero-order valence-electron chi connectivity index (χ0n) is 11.1. The second kappa shape index (κ2) is 4.94. The van der Waals surface area contributed by atoms with E-state index in [4.69, 9.17) is 4.74 Å². The van der Waals surface area contributed by atoms with Crippen LogP contribution < -0.4 is 4.90 Å². The number of rotatable bonds is 2. The number of nitrogens with zero attached hydrogens (tertiary/aromatic N) is 1. The summed E-state index contributed by atoms with van der Waals surface area (Å²) in [6.45, 7) is 0.730. The van der Waals surface area contributed by atoms with E-state index in [-0.39, 0.29) is 12.0 Å². The number of likely N-dealkylation sites (N-methyl/N-ethyl adjacent to an activating group) is 1. The molecule has 1 N–H and O–H groups in total. The van der Waals surface area contributed by atoms with Crippen molar-refractivity contribution in [1.82, 2.24) is 0 Å². The number of hydrogen-bond acceptors (Lipinski definition) is 3. The number of carbonyl (C=O) groups excluding carboxylic acids is 1. The summed E-state index contributed by atoms with van der Waals surface area (Å²) in [6, 6.07) is 5.76. The normalized spacial score (nSPS) is 24.4. The average Bonchev–Trinajstić information content (AvgIpc) is 2.74. The minimum absolute atomic E-state index is 0.107. The fourth-order valence-electron chi connectivity index (χ4n) is 2.90. The fourth-order valence-corrected chi connectivity index (χ4v) is 2.90. The molecule has 0 aliphatic carbocycles. The molecule has 1 amide bonds. The van der Waals surface area contributed by atoms with Gasteiger partial charge in [-0.3, -0.25) is 4.79 Å². The summed E-state index contributed by atoms with van der Waals surface area (Å²) in [5, 5.41) is 10.4. The molecule has 4 heteroatoms. The van der Waals surface area contributed by atoms with Gasteiger partial charge in [-0.2, -0.15) is 0 Å². The molecule has 3 rings (SSSR count). The molecule has 1 aromatic rings. The van der Waals surface area contributed by atoms with Crippen LogP contribution in [-0.2, 0) is 16.0 Å². The van der Waals surface area contributed by atoms with Crippen LogP contribution in [0.3, 0.4) is 0 Å². The molecule has 1 aromatic carbocycles. The van der Waals surface area contributed by atoms with Crippen molar-refractivity contribution in [3.8, 4) is 0 Å². The molecule has 0 saturated carbocycles. The maximum Gasteiger partial charge on any atom is 0.231 e. The van der Waals surface area contributed by atoms with Crippen molar-refractivity contribution in [3.63, 3.8) is 0 Å². The van der Waals surface area contributed by atoms with Crippen LogP contribution in [0.5, 0.6) is 0 Å². The van der Waals surface area contributed by atoms with Gasteiger partial charge in [0, 0.05) is 19.3 Å². The van der Waals surface area contributed by atoms with Crippen LogP contribution in [0.1, 0.15) is 36.5 Å². The van der Waals surface area contributed by atoms with Gasteiger partial charge in [-0.05, 0) is 36.5 Å². The van der Waals surface area contributed by atoms with Gasteiger partial charge in [-0.25, -0.2) is 0 Å². The minimum Gasteiger partial charge on any atom is -0.386 e. The molecular formula is C15H19NO3. The van der Waals surface area contributed by atoms with Gasteiger partial charge in [0.1, 0.15) is 6.10 Å². The van der Waals surface area contributed by atoms with Crippen molar-refractivity contribution in [2.24, 2.45) is 0 Å². The standard InChI is InChI=1S/C15H19NO3/c1-16-12-6-5-10(8-11(12)9-14(16)17)15(18)13-4-2-3-7-19-13/h5-6,8,13,15,18H,2-4,7,9H2,1H3. The third-order valence-corrected chi connectivity index (χ3v) is 4.09. The quantitative estimate of drug-likeness (QED) is 0.883. The highest BCUT2D eigenvalue weighted by Crippen LogP contribution is 2.33. The summed E-state index contributed by atoms with van der Waals surface area (Å²) >= 11 is 0. The molecule has 0 radical (unpaired) electrons. The van der Waals surface area contributed by atoms with Gasteiger partial charge < -0.3 is 14.7 Å². The van der Waals surface area contributed by atoms with Gasteiger partial charge in [-0.1, -0.05) is 12.1 Å². The van der Waals surface area contributed by atoms with E-state index < -0.39 is 6.10 Å². The van der Waals surface area contributed by atoms with Crippen molar-refractivity contribution in [3.05, 3.63) is 29.3 Å². The average molecular weight is 261 g/mol. The van der Waals surface area contributed by atoms with E-state index in [2.05, 4.69) is 0 Å². The predicted octanol–water partition coefficient (Wildman–Crippen LogP) is 1.81. The first-order valence-corrected chi connectivity index (χ1v) is 6.86. The first kappa shape index (κ1) is 12.6. The number of aliphatic hydroxyl groups excluding tert-OH is 1. The van der Waals surface area contributed by atoms with E-state index in [1.54, 1.807) is 11.9 Å². The Bertz CT molecular complexity index is 494. The number of carbonyl (C=O) groups is 1. The number of hydrogen-bond donors (Lipinski definition) is 1. The molecule has 2 aliphatic heterocycles. The molecule has 19 heavy (non-hydrogen) atoms. The van der Waals surface area contributed by atoms with E-state index in [0.717, 1.165) is 42.7 Å². The van der Waals surface area contributed by atoms with E-state index in [0.29, 0.717) is 6.42 Å². The van der Waals surface area contributed by atoms with Crippen LogP contribution in [0.4, 0.5) is 5.69 Å². The fraction of sp³-hybridized carbons (Fsp3) is 0.533. The Labute approximate surface area is 113 Å². The molecule has 2 unspecified atom stereocenters. The molecule has 2 aliphatic rings. The summed E-state index contributed by atoms with van der Waals surface area (Å²) in [5.74, 6) is 0.107. The zero-order chi connectivity index (χ0) is 13.4. The molecule has 102 valence electrons. The second-order valence-electron chi connectivity index (χ2n) is 5.37. The lowest BCUT2D eigenvalue weighted by molar-refractivity contribution is -0.117. The number of fused-ring (bicyclic) bond motifs is 1. The van der Waals surface area contributed by atoms with Gasteiger partial charge in [-0.15, -0.1) is 0 Å². The lowest BCUT2D eigenvalue weighted by Crippen LogP contribution is -2.26. The Morgan fingerprint density at radius 2 is 2.26 bits per heavy atom. The molecule has 2 heterocycles. The van der Waals surface area contributed by atoms with Crippen molar-refractivity contribution >= 4 is 11.6 Å². The molecule has 4 nitrogen and oxygen atoms in total. The van der Waals surface area contributed by atoms with Crippen molar-refractivity contribution < 1.29 is 14.6 Å². The topological polar surface area (TPSA) is 49.8 Å². The molecule has 2 atom stereocenters. The monoisotopic (exact) mass is 261 g/mol. The van der Waals surface area contributed by atoms with Gasteiger partial charge in [0.25, 0.3) is 0 Å². The minimum atomic E-state index is -0.591. The second-order valence-corrected chi connectivity index (χ2v) is 5.37. The Balaban J connectivity index is 1.82. The molecule has 1 fully saturated rings. The van der Waals surface area contributed by atoms with Gasteiger partial charge in [0.2, 0.25) is 5.91 Å². The zero-order valence-corrected chi connectivity index (χ0v) is 11.1. The third kappa shape index (κ3) is 2.26. The SMILES string of the molecule is CN1C(=O)Cc2cc(C(O)C3CCCCO3)ccc21. The van der Waals surface area contributed by atoms with E-state index >= 15 is 0 Å². The highest BCUT2D eigenvalue weighted by molar-refractivity contribution is 6.00. The number of anilines is 1. The van der Waals surface area contributed by atoms with Crippen molar-refractivity contribution in [2.75, 3.05) is 18.6 Å². The summed E-state index contributed by atoms with van der Waals surface area (Å²) in [6.07, 6.45) is 2.81. The molecular weight excluding hydrogens is 242 g/mol. The van der Waals surface area contributed by atoms with Crippen molar-refractivity contribution in [1.29, 1.82) is 0 Å². The first-order valence-electron chi connectivity index (χ1n) is 6.86. The Morgan fingerprint density at radius 1 is 1.42 bits per heavy atom. The summed E-state index contributed by atoms with van der Waals surface area (Å²) < 4.78 is 5.63. The Hall–Kier alpha value is -1.39. The number of aliphatic hydroxyl groups is 1. The van der Waals surface area contributed by atoms with Crippen molar-refractivity contribution in [2.45, 2.75) is 37.9 Å². The smallest absolute Gasteiger partial charge is 0.231 e. The van der Waals surface area contributed by atoms with E-state index in [1.165, 1.54) is 0 Å². The molecule has 1 saturated heterocycles.